The zero-order chi connectivity index (χ0) is 20.3. The summed E-state index contributed by atoms with van der Waals surface area (Å²) in [6.07, 6.45) is 6.84. The summed E-state index contributed by atoms with van der Waals surface area (Å²) in [5.74, 6) is 2.10. The largest absolute Gasteiger partial charge is 0.486 e. The van der Waals surface area contributed by atoms with Gasteiger partial charge in [-0.3, -0.25) is 9.97 Å². The highest BCUT2D eigenvalue weighted by Crippen LogP contribution is 2.35. The lowest BCUT2D eigenvalue weighted by Crippen LogP contribution is -2.16. The van der Waals surface area contributed by atoms with Gasteiger partial charge >= 0.3 is 0 Å². The summed E-state index contributed by atoms with van der Waals surface area (Å²) in [5.41, 5.74) is 3.49. The van der Waals surface area contributed by atoms with E-state index in [1.54, 1.807) is 36.1 Å². The van der Waals surface area contributed by atoms with Gasteiger partial charge in [-0.1, -0.05) is 12.1 Å². The van der Waals surface area contributed by atoms with Gasteiger partial charge in [-0.15, -0.1) is 11.3 Å². The smallest absolute Gasteiger partial charge is 0.223 e. The maximum atomic E-state index is 5.70. The Balaban J connectivity index is 1.46. The number of thiophene rings is 1. The van der Waals surface area contributed by atoms with Crippen molar-refractivity contribution in [2.45, 2.75) is 13.0 Å². The minimum absolute atomic E-state index is 0.0145. The van der Waals surface area contributed by atoms with E-state index in [-0.39, 0.29) is 6.04 Å². The lowest BCUT2D eigenvalue weighted by Gasteiger charge is -2.21. The van der Waals surface area contributed by atoms with Crippen LogP contribution in [0.2, 0.25) is 0 Å². The van der Waals surface area contributed by atoms with Gasteiger partial charge < -0.3 is 14.8 Å². The summed E-state index contributed by atoms with van der Waals surface area (Å²) in [4.78, 5) is 19.0. The van der Waals surface area contributed by atoms with Crippen LogP contribution in [0, 0.1) is 0 Å². The molecular weight excluding hydrogens is 398 g/mol. The molecule has 8 heteroatoms. The number of hydrogen-bond acceptors (Lipinski definition) is 8. The minimum atomic E-state index is -0.0145. The molecule has 0 fully saturated rings. The number of fused-ring (bicyclic) bond motifs is 1. The van der Waals surface area contributed by atoms with Crippen molar-refractivity contribution in [2.75, 3.05) is 18.5 Å². The van der Waals surface area contributed by atoms with E-state index in [1.165, 1.54) is 0 Å². The third kappa shape index (κ3) is 3.69. The minimum Gasteiger partial charge on any atom is -0.486 e. The molecule has 0 amide bonds. The molecule has 0 radical (unpaired) electrons. The van der Waals surface area contributed by atoms with Gasteiger partial charge in [0.15, 0.2) is 11.5 Å². The number of nitrogens with one attached hydrogen (secondary N) is 1. The molecule has 4 heterocycles. The molecule has 150 valence electrons. The van der Waals surface area contributed by atoms with Crippen LogP contribution in [0.15, 0.2) is 60.5 Å². The molecule has 1 atom stereocenters. The number of hydrogen-bond donors (Lipinski definition) is 1. The third-order valence-electron chi connectivity index (χ3n) is 4.79. The summed E-state index contributed by atoms with van der Waals surface area (Å²) >= 11 is 1.63. The van der Waals surface area contributed by atoms with Crippen molar-refractivity contribution in [1.82, 2.24) is 19.9 Å². The lowest BCUT2D eigenvalue weighted by molar-refractivity contribution is 0.171. The first-order valence-electron chi connectivity index (χ1n) is 9.61. The highest BCUT2D eigenvalue weighted by Gasteiger charge is 2.17. The number of nitrogens with zero attached hydrogens (tertiary/aromatic N) is 4. The third-order valence-corrected chi connectivity index (χ3v) is 5.67. The summed E-state index contributed by atoms with van der Waals surface area (Å²) < 4.78 is 11.3. The molecule has 0 saturated carbocycles. The second-order valence-corrected chi connectivity index (χ2v) is 7.74. The molecule has 0 spiro atoms. The molecule has 1 aromatic carbocycles. The molecule has 5 rings (SSSR count). The van der Waals surface area contributed by atoms with Crippen molar-refractivity contribution in [3.8, 4) is 33.3 Å². The summed E-state index contributed by atoms with van der Waals surface area (Å²) in [6.45, 7) is 3.21. The zero-order valence-electron chi connectivity index (χ0n) is 16.3. The van der Waals surface area contributed by atoms with E-state index in [0.29, 0.717) is 19.2 Å². The molecule has 0 saturated heterocycles. The van der Waals surface area contributed by atoms with Crippen molar-refractivity contribution < 1.29 is 9.47 Å². The van der Waals surface area contributed by atoms with E-state index in [0.717, 1.165) is 38.9 Å². The summed E-state index contributed by atoms with van der Waals surface area (Å²) in [7, 11) is 0. The fourth-order valence-electron chi connectivity index (χ4n) is 3.28. The SMILES string of the molecule is CC(Nc1ncc(-c2cnccn2)c(-c2cccs2)n1)c1ccc2c(c1)OCCO2. The number of benzene rings is 1. The topological polar surface area (TPSA) is 82.1 Å². The first-order valence-corrected chi connectivity index (χ1v) is 10.5. The highest BCUT2D eigenvalue weighted by atomic mass is 32.1. The molecule has 1 aliphatic heterocycles. The van der Waals surface area contributed by atoms with E-state index in [9.17, 15) is 0 Å². The predicted octanol–water partition coefficient (Wildman–Crippen LogP) is 4.61. The maximum Gasteiger partial charge on any atom is 0.223 e. The van der Waals surface area contributed by atoms with Crippen LogP contribution >= 0.6 is 11.3 Å². The number of anilines is 1. The van der Waals surface area contributed by atoms with Crippen molar-refractivity contribution in [3.05, 3.63) is 66.1 Å². The second kappa shape index (κ2) is 8.08. The van der Waals surface area contributed by atoms with Crippen LogP contribution in [-0.2, 0) is 0 Å². The van der Waals surface area contributed by atoms with Crippen LogP contribution in [0.3, 0.4) is 0 Å². The Morgan fingerprint density at radius 2 is 1.93 bits per heavy atom. The fraction of sp³-hybridized carbons (Fsp3) is 0.182. The molecular formula is C22H19N5O2S. The molecule has 0 aliphatic carbocycles. The average Bonchev–Trinajstić information content (AvgIpc) is 3.34. The Labute approximate surface area is 177 Å². The first kappa shape index (κ1) is 18.5. The number of ether oxygens (including phenoxy) is 2. The van der Waals surface area contributed by atoms with Crippen LogP contribution in [0.1, 0.15) is 18.5 Å². The molecule has 1 N–H and O–H groups in total. The van der Waals surface area contributed by atoms with Gasteiger partial charge in [0.05, 0.1) is 28.5 Å². The van der Waals surface area contributed by atoms with Gasteiger partial charge in [-0.25, -0.2) is 9.97 Å². The lowest BCUT2D eigenvalue weighted by atomic mass is 10.1. The van der Waals surface area contributed by atoms with Crippen LogP contribution in [0.25, 0.3) is 21.8 Å². The van der Waals surface area contributed by atoms with E-state index in [1.807, 2.05) is 35.7 Å². The van der Waals surface area contributed by atoms with Crippen LogP contribution in [-0.4, -0.2) is 33.1 Å². The summed E-state index contributed by atoms with van der Waals surface area (Å²) in [6, 6.07) is 10.0. The number of aromatic nitrogens is 4. The normalized spacial score (nSPS) is 13.6. The second-order valence-electron chi connectivity index (χ2n) is 6.79. The molecule has 1 unspecified atom stereocenters. The van der Waals surface area contributed by atoms with Crippen LogP contribution in [0.5, 0.6) is 11.5 Å². The molecule has 30 heavy (non-hydrogen) atoms. The van der Waals surface area contributed by atoms with Crippen LogP contribution in [0.4, 0.5) is 5.95 Å². The van der Waals surface area contributed by atoms with Gasteiger partial charge in [0.1, 0.15) is 13.2 Å². The molecule has 4 aromatic rings. The maximum absolute atomic E-state index is 5.70. The van der Waals surface area contributed by atoms with Crippen molar-refractivity contribution in [2.24, 2.45) is 0 Å². The van der Waals surface area contributed by atoms with E-state index >= 15 is 0 Å². The monoisotopic (exact) mass is 417 g/mol. The van der Waals surface area contributed by atoms with Gasteiger partial charge in [0.2, 0.25) is 5.95 Å². The Bertz CT molecular complexity index is 1150. The molecule has 1 aliphatic rings. The Morgan fingerprint density at radius 1 is 1.03 bits per heavy atom. The van der Waals surface area contributed by atoms with Crippen LogP contribution < -0.4 is 14.8 Å². The first-order chi connectivity index (χ1) is 14.8. The van der Waals surface area contributed by atoms with Gasteiger partial charge in [-0.05, 0) is 36.1 Å². The highest BCUT2D eigenvalue weighted by molar-refractivity contribution is 7.13. The van der Waals surface area contributed by atoms with Gasteiger partial charge in [0, 0.05) is 24.2 Å². The van der Waals surface area contributed by atoms with E-state index < -0.39 is 0 Å². The van der Waals surface area contributed by atoms with Crippen molar-refractivity contribution in [3.63, 3.8) is 0 Å². The molecule has 3 aromatic heterocycles. The van der Waals surface area contributed by atoms with Crippen molar-refractivity contribution in [1.29, 1.82) is 0 Å². The Kier molecular flexibility index (Phi) is 4.98. The number of rotatable bonds is 5. The Morgan fingerprint density at radius 3 is 2.73 bits per heavy atom. The quantitative estimate of drug-likeness (QED) is 0.508. The predicted molar refractivity (Wildman–Crippen MR) is 116 cm³/mol. The fourth-order valence-corrected chi connectivity index (χ4v) is 4.01. The molecule has 0 bridgehead atoms. The van der Waals surface area contributed by atoms with E-state index in [4.69, 9.17) is 14.5 Å². The van der Waals surface area contributed by atoms with Gasteiger partial charge in [-0.2, -0.15) is 0 Å². The van der Waals surface area contributed by atoms with Crippen molar-refractivity contribution >= 4 is 17.3 Å². The average molecular weight is 417 g/mol. The summed E-state index contributed by atoms with van der Waals surface area (Å²) in [5, 5.41) is 5.43. The molecule has 7 nitrogen and oxygen atoms in total. The Hall–Kier alpha value is -3.52. The standard InChI is InChI=1S/C22H19N5O2S/c1-14(15-4-5-18-19(11-15)29-9-8-28-18)26-22-25-12-16(17-13-23-6-7-24-17)21(27-22)20-3-2-10-30-20/h2-7,10-14H,8-9H2,1H3,(H,25,26,27). The van der Waals surface area contributed by atoms with Gasteiger partial charge in [0.25, 0.3) is 0 Å². The zero-order valence-corrected chi connectivity index (χ0v) is 17.1. The van der Waals surface area contributed by atoms with E-state index in [2.05, 4.69) is 27.2 Å².